The Morgan fingerprint density at radius 2 is 1.68 bits per heavy atom. The monoisotopic (exact) mass is 370 g/mol. The van der Waals surface area contributed by atoms with Crippen LogP contribution in [0, 0.1) is 0 Å². The number of β-lactam (4-membered cyclic amide) rings is 1. The van der Waals surface area contributed by atoms with Crippen molar-refractivity contribution in [2.75, 3.05) is 5.75 Å². The van der Waals surface area contributed by atoms with Gasteiger partial charge >= 0.3 is 12.1 Å². The summed E-state index contributed by atoms with van der Waals surface area (Å²) < 4.78 is 10.6. The SMILES string of the molecule is CC1=C(C(=O)OC(C)(C)C)N2C(=O)[C@@H](NC(=O)OC(C)(C)C)[C@@H]2SC1. The number of fused-ring (bicyclic) bond motifs is 1. The second kappa shape index (κ2) is 6.55. The molecule has 2 aliphatic rings. The molecule has 1 N–H and O–H groups in total. The van der Waals surface area contributed by atoms with Crippen molar-refractivity contribution >= 4 is 29.7 Å². The lowest BCUT2D eigenvalue weighted by atomic mass is 10.0. The van der Waals surface area contributed by atoms with Crippen molar-refractivity contribution < 1.29 is 23.9 Å². The molecule has 0 radical (unpaired) electrons. The molecule has 140 valence electrons. The maximum Gasteiger partial charge on any atom is 0.408 e. The van der Waals surface area contributed by atoms with Gasteiger partial charge in [-0.1, -0.05) is 0 Å². The van der Waals surface area contributed by atoms with Crippen molar-refractivity contribution in [3.8, 4) is 0 Å². The molecule has 0 aliphatic carbocycles. The Labute approximate surface area is 152 Å². The summed E-state index contributed by atoms with van der Waals surface area (Å²) in [6.07, 6.45) is -0.642. The second-order valence-electron chi connectivity index (χ2n) is 8.16. The van der Waals surface area contributed by atoms with Gasteiger partial charge in [0.25, 0.3) is 5.91 Å². The molecule has 2 atom stereocenters. The number of hydrogen-bond donors (Lipinski definition) is 1. The van der Waals surface area contributed by atoms with E-state index in [-0.39, 0.29) is 17.0 Å². The van der Waals surface area contributed by atoms with Gasteiger partial charge in [-0.05, 0) is 54.0 Å². The molecule has 2 amide bonds. The highest BCUT2D eigenvalue weighted by Gasteiger charge is 2.54. The van der Waals surface area contributed by atoms with Gasteiger partial charge in [0.15, 0.2) is 0 Å². The van der Waals surface area contributed by atoms with Gasteiger partial charge in [-0.25, -0.2) is 9.59 Å². The number of nitrogens with zero attached hydrogens (tertiary/aromatic N) is 1. The molecule has 0 aromatic carbocycles. The van der Waals surface area contributed by atoms with Gasteiger partial charge < -0.3 is 14.8 Å². The zero-order valence-electron chi connectivity index (χ0n) is 15.8. The summed E-state index contributed by atoms with van der Waals surface area (Å²) in [7, 11) is 0. The number of alkyl carbamates (subject to hydrolysis) is 1. The molecule has 8 heteroatoms. The van der Waals surface area contributed by atoms with E-state index in [9.17, 15) is 14.4 Å². The van der Waals surface area contributed by atoms with Crippen LogP contribution in [-0.2, 0) is 19.1 Å². The van der Waals surface area contributed by atoms with E-state index in [1.54, 1.807) is 41.5 Å². The first-order valence-electron chi connectivity index (χ1n) is 8.17. The fourth-order valence-corrected chi connectivity index (χ4v) is 3.82. The van der Waals surface area contributed by atoms with Crippen LogP contribution in [0.15, 0.2) is 11.3 Å². The first-order chi connectivity index (χ1) is 11.3. The van der Waals surface area contributed by atoms with E-state index in [0.29, 0.717) is 5.75 Å². The minimum absolute atomic E-state index is 0.283. The largest absolute Gasteiger partial charge is 0.455 e. The molecule has 2 rings (SSSR count). The van der Waals surface area contributed by atoms with Crippen molar-refractivity contribution in [3.05, 3.63) is 11.3 Å². The Bertz CT molecular complexity index is 630. The van der Waals surface area contributed by atoms with E-state index in [1.807, 2.05) is 6.92 Å². The predicted molar refractivity (Wildman–Crippen MR) is 94.8 cm³/mol. The van der Waals surface area contributed by atoms with Crippen LogP contribution in [-0.4, -0.2) is 51.2 Å². The topological polar surface area (TPSA) is 84.9 Å². The van der Waals surface area contributed by atoms with Crippen LogP contribution < -0.4 is 5.32 Å². The minimum Gasteiger partial charge on any atom is -0.455 e. The van der Waals surface area contributed by atoms with E-state index < -0.39 is 29.3 Å². The van der Waals surface area contributed by atoms with E-state index >= 15 is 0 Å². The summed E-state index contributed by atoms with van der Waals surface area (Å²) in [6, 6.07) is -0.703. The summed E-state index contributed by atoms with van der Waals surface area (Å²) in [5, 5.41) is 2.27. The maximum atomic E-state index is 12.5. The zero-order chi connectivity index (χ0) is 19.2. The highest BCUT2D eigenvalue weighted by atomic mass is 32.2. The molecule has 25 heavy (non-hydrogen) atoms. The zero-order valence-corrected chi connectivity index (χ0v) is 16.6. The molecule has 1 fully saturated rings. The molecule has 0 unspecified atom stereocenters. The van der Waals surface area contributed by atoms with E-state index in [1.165, 1.54) is 16.7 Å². The smallest absolute Gasteiger partial charge is 0.408 e. The van der Waals surface area contributed by atoms with Crippen molar-refractivity contribution in [2.24, 2.45) is 0 Å². The van der Waals surface area contributed by atoms with Crippen LogP contribution in [0.1, 0.15) is 48.5 Å². The van der Waals surface area contributed by atoms with Gasteiger partial charge in [-0.15, -0.1) is 11.8 Å². The number of carbonyl (C=O) groups excluding carboxylic acids is 3. The standard InChI is InChI=1S/C17H26N2O5S/c1-9-8-25-13-10(18-15(22)24-17(5,6)7)12(20)19(13)11(9)14(21)23-16(2,3)4/h10,13H,8H2,1-7H3,(H,18,22)/t10-,13+/m1/s1. The highest BCUT2D eigenvalue weighted by molar-refractivity contribution is 8.00. The quantitative estimate of drug-likeness (QED) is 0.593. The Morgan fingerprint density at radius 1 is 1.12 bits per heavy atom. The lowest BCUT2D eigenvalue weighted by Gasteiger charge is -2.49. The number of hydrogen-bond acceptors (Lipinski definition) is 6. The van der Waals surface area contributed by atoms with Crippen LogP contribution >= 0.6 is 11.8 Å². The number of carbonyl (C=O) groups is 3. The summed E-state index contributed by atoms with van der Waals surface area (Å²) in [5.41, 5.74) is -0.216. The first kappa shape index (κ1) is 19.6. The normalized spacial score (nSPS) is 23.6. The average molecular weight is 370 g/mol. The minimum atomic E-state index is -0.703. The average Bonchev–Trinajstić information content (AvgIpc) is 2.40. The van der Waals surface area contributed by atoms with Gasteiger partial charge in [0.05, 0.1) is 0 Å². The highest BCUT2D eigenvalue weighted by Crippen LogP contribution is 2.40. The summed E-state index contributed by atoms with van der Waals surface area (Å²) in [5.74, 6) is -0.252. The predicted octanol–water partition coefficient (Wildman–Crippen LogP) is 2.41. The number of ether oxygens (including phenoxy) is 2. The Morgan fingerprint density at radius 3 is 2.20 bits per heavy atom. The molecule has 7 nitrogen and oxygen atoms in total. The third-order valence-corrected chi connectivity index (χ3v) is 4.85. The molecular formula is C17H26N2O5S. The Balaban J connectivity index is 2.11. The van der Waals surface area contributed by atoms with Crippen molar-refractivity contribution in [1.29, 1.82) is 0 Å². The number of thioether (sulfide) groups is 1. The number of rotatable bonds is 2. The van der Waals surface area contributed by atoms with Crippen molar-refractivity contribution in [1.82, 2.24) is 10.2 Å². The second-order valence-corrected chi connectivity index (χ2v) is 9.27. The van der Waals surface area contributed by atoms with Crippen molar-refractivity contribution in [3.63, 3.8) is 0 Å². The third-order valence-electron chi connectivity index (χ3n) is 3.42. The van der Waals surface area contributed by atoms with E-state index in [4.69, 9.17) is 9.47 Å². The van der Waals surface area contributed by atoms with Crippen LogP contribution in [0.25, 0.3) is 0 Å². The Kier molecular flexibility index (Phi) is 5.14. The summed E-state index contributed by atoms with van der Waals surface area (Å²) >= 11 is 1.50. The molecule has 0 aromatic rings. The van der Waals surface area contributed by atoms with Gasteiger partial charge in [-0.3, -0.25) is 9.69 Å². The molecule has 0 spiro atoms. The molecule has 1 saturated heterocycles. The van der Waals surface area contributed by atoms with Gasteiger partial charge in [0.2, 0.25) is 0 Å². The van der Waals surface area contributed by atoms with Crippen LogP contribution in [0.2, 0.25) is 0 Å². The molecule has 0 saturated carbocycles. The first-order valence-corrected chi connectivity index (χ1v) is 9.22. The lowest BCUT2D eigenvalue weighted by Crippen LogP contribution is -2.70. The molecular weight excluding hydrogens is 344 g/mol. The lowest BCUT2D eigenvalue weighted by molar-refractivity contribution is -0.158. The number of esters is 1. The van der Waals surface area contributed by atoms with E-state index in [0.717, 1.165) is 5.57 Å². The van der Waals surface area contributed by atoms with Gasteiger partial charge in [0, 0.05) is 5.75 Å². The number of nitrogens with one attached hydrogen (secondary N) is 1. The van der Waals surface area contributed by atoms with E-state index in [2.05, 4.69) is 5.32 Å². The van der Waals surface area contributed by atoms with Crippen LogP contribution in [0.4, 0.5) is 4.79 Å². The van der Waals surface area contributed by atoms with Crippen molar-refractivity contribution in [2.45, 2.75) is 71.1 Å². The third kappa shape index (κ3) is 4.48. The molecule has 0 bridgehead atoms. The fourth-order valence-electron chi connectivity index (χ4n) is 2.52. The fraction of sp³-hybridized carbons (Fsp3) is 0.706. The van der Waals surface area contributed by atoms with Crippen LogP contribution in [0.5, 0.6) is 0 Å². The molecule has 0 aromatic heterocycles. The van der Waals surface area contributed by atoms with Crippen LogP contribution in [0.3, 0.4) is 0 Å². The van der Waals surface area contributed by atoms with Gasteiger partial charge in [0.1, 0.15) is 28.3 Å². The number of amides is 2. The summed E-state index contributed by atoms with van der Waals surface area (Å²) in [6.45, 7) is 12.4. The Hall–Kier alpha value is -1.70. The molecule has 2 heterocycles. The summed E-state index contributed by atoms with van der Waals surface area (Å²) in [4.78, 5) is 38.4. The van der Waals surface area contributed by atoms with Gasteiger partial charge in [-0.2, -0.15) is 0 Å². The maximum absolute atomic E-state index is 12.5. The molecule has 2 aliphatic heterocycles.